The third-order valence-corrected chi connectivity index (χ3v) is 10.6. The van der Waals surface area contributed by atoms with Gasteiger partial charge >= 0.3 is 6.01 Å². The van der Waals surface area contributed by atoms with Crippen molar-refractivity contribution >= 4 is 22.8 Å². The van der Waals surface area contributed by atoms with Crippen LogP contribution >= 0.6 is 0 Å². The van der Waals surface area contributed by atoms with Gasteiger partial charge in [-0.3, -0.25) is 14.7 Å². The zero-order valence-electron chi connectivity index (χ0n) is 25.1. The van der Waals surface area contributed by atoms with Crippen LogP contribution in [0.5, 0.6) is 6.01 Å². The summed E-state index contributed by atoms with van der Waals surface area (Å²) in [5, 5.41) is 0. The van der Waals surface area contributed by atoms with Gasteiger partial charge in [0.2, 0.25) is 6.54 Å². The summed E-state index contributed by atoms with van der Waals surface area (Å²) in [6, 6.07) is 8.19. The van der Waals surface area contributed by atoms with Crippen molar-refractivity contribution in [1.29, 1.82) is 0 Å². The molecule has 0 N–H and O–H groups in total. The predicted molar refractivity (Wildman–Crippen MR) is 165 cm³/mol. The lowest BCUT2D eigenvalue weighted by molar-refractivity contribution is -0.131. The fraction of sp³-hybridized carbons (Fsp3) is 0.500. The van der Waals surface area contributed by atoms with Crippen LogP contribution in [0.25, 0.3) is 27.0 Å². The average Bonchev–Trinajstić information content (AvgIpc) is 3.36. The number of piperazine rings is 1. The number of hydrogen-bond acceptors (Lipinski definition) is 7. The minimum absolute atomic E-state index is 0.0174. The summed E-state index contributed by atoms with van der Waals surface area (Å²) in [7, 11) is 0. The molecule has 2 aromatic heterocycles. The Bertz CT molecular complexity index is 1760. The predicted octanol–water partition coefficient (Wildman–Crippen LogP) is 4.73. The normalized spacial score (nSPS) is 28.5. The minimum Gasteiger partial charge on any atom is -0.461 e. The molecule has 1 aromatic carbocycles. The molecule has 3 aromatic rings. The molecule has 45 heavy (non-hydrogen) atoms. The molecular formula is C34H35F2N7O2. The molecule has 11 heteroatoms. The first-order chi connectivity index (χ1) is 21.8. The number of carbonyl (C=O) groups is 1. The van der Waals surface area contributed by atoms with E-state index in [0.29, 0.717) is 48.9 Å². The van der Waals surface area contributed by atoms with Gasteiger partial charge in [-0.2, -0.15) is 9.97 Å². The lowest BCUT2D eigenvalue weighted by atomic mass is 9.95. The van der Waals surface area contributed by atoms with Crippen LogP contribution in [-0.2, 0) is 11.2 Å². The van der Waals surface area contributed by atoms with Crippen LogP contribution in [0.3, 0.4) is 0 Å². The molecule has 0 radical (unpaired) electrons. The first kappa shape index (κ1) is 28.3. The summed E-state index contributed by atoms with van der Waals surface area (Å²) in [6.45, 7) is 13.1. The monoisotopic (exact) mass is 611 g/mol. The molecule has 3 aliphatic heterocycles. The van der Waals surface area contributed by atoms with Crippen molar-refractivity contribution in [3.05, 3.63) is 65.4 Å². The summed E-state index contributed by atoms with van der Waals surface area (Å²) in [5.74, 6) is 0.0762. The summed E-state index contributed by atoms with van der Waals surface area (Å²) < 4.78 is 34.7. The lowest BCUT2D eigenvalue weighted by Crippen LogP contribution is -2.56. The number of fused-ring (bicyclic) bond motifs is 5. The molecule has 0 spiro atoms. The van der Waals surface area contributed by atoms with Gasteiger partial charge in [0, 0.05) is 44.4 Å². The maximum Gasteiger partial charge on any atom is 0.319 e. The van der Waals surface area contributed by atoms with E-state index in [1.165, 1.54) is 28.0 Å². The van der Waals surface area contributed by atoms with Gasteiger partial charge in [-0.1, -0.05) is 24.8 Å². The van der Waals surface area contributed by atoms with Crippen molar-refractivity contribution < 1.29 is 18.3 Å². The van der Waals surface area contributed by atoms with Crippen molar-refractivity contribution in [3.63, 3.8) is 0 Å². The zero-order valence-corrected chi connectivity index (χ0v) is 25.1. The number of halogens is 2. The average molecular weight is 612 g/mol. The maximum absolute atomic E-state index is 14.5. The second-order valence-electron chi connectivity index (χ2n) is 13.3. The number of pyridine rings is 1. The Hall–Kier alpha value is -4.17. The lowest BCUT2D eigenvalue weighted by Gasteiger charge is -2.39. The Morgan fingerprint density at radius 2 is 2.11 bits per heavy atom. The molecule has 4 fully saturated rings. The topological polar surface area (TPSA) is 79.1 Å². The van der Waals surface area contributed by atoms with E-state index in [0.717, 1.165) is 37.3 Å². The molecule has 3 saturated heterocycles. The number of amides is 1. The van der Waals surface area contributed by atoms with Gasteiger partial charge in [0.05, 0.1) is 11.1 Å². The number of aromatic nitrogens is 3. The van der Waals surface area contributed by atoms with E-state index in [9.17, 15) is 13.6 Å². The number of hydrogen-bond donors (Lipinski definition) is 0. The largest absolute Gasteiger partial charge is 0.461 e. The fourth-order valence-electron chi connectivity index (χ4n) is 8.38. The van der Waals surface area contributed by atoms with E-state index >= 15 is 0 Å². The maximum atomic E-state index is 14.5. The molecule has 2 aliphatic carbocycles. The first-order valence-corrected chi connectivity index (χ1v) is 15.9. The Balaban J connectivity index is 1.17. The van der Waals surface area contributed by atoms with Crippen molar-refractivity contribution in [2.24, 2.45) is 5.92 Å². The molecule has 5 heterocycles. The quantitative estimate of drug-likeness (QED) is 0.283. The highest BCUT2D eigenvalue weighted by Gasteiger charge is 2.49. The number of ether oxygens (including phenoxy) is 1. The number of nitrogens with zero attached hydrogens (tertiary/aromatic N) is 7. The Morgan fingerprint density at radius 1 is 1.22 bits per heavy atom. The van der Waals surface area contributed by atoms with Gasteiger partial charge in [-0.25, -0.2) is 15.4 Å². The van der Waals surface area contributed by atoms with Crippen LogP contribution in [0.2, 0.25) is 0 Å². The van der Waals surface area contributed by atoms with E-state index in [-0.39, 0.29) is 31.2 Å². The smallest absolute Gasteiger partial charge is 0.319 e. The molecule has 0 bridgehead atoms. The van der Waals surface area contributed by atoms with Gasteiger partial charge in [0.25, 0.3) is 5.91 Å². The minimum atomic E-state index is -1.04. The molecule has 9 nitrogen and oxygen atoms in total. The third kappa shape index (κ3) is 4.81. The van der Waals surface area contributed by atoms with Gasteiger partial charge in [0.15, 0.2) is 11.6 Å². The van der Waals surface area contributed by atoms with E-state index in [2.05, 4.69) is 34.5 Å². The number of alkyl halides is 1. The highest BCUT2D eigenvalue weighted by molar-refractivity contribution is 5.92. The number of rotatable bonds is 7. The van der Waals surface area contributed by atoms with Gasteiger partial charge < -0.3 is 19.4 Å². The second-order valence-corrected chi connectivity index (χ2v) is 13.3. The van der Waals surface area contributed by atoms with Gasteiger partial charge in [-0.05, 0) is 66.8 Å². The summed E-state index contributed by atoms with van der Waals surface area (Å²) in [4.78, 5) is 36.2. The molecule has 1 amide bonds. The van der Waals surface area contributed by atoms with Crippen LogP contribution in [0.15, 0.2) is 42.9 Å². The highest BCUT2D eigenvalue weighted by atomic mass is 19.1. The first-order valence-electron chi connectivity index (χ1n) is 15.9. The van der Waals surface area contributed by atoms with E-state index in [1.54, 1.807) is 0 Å². The number of anilines is 1. The zero-order chi connectivity index (χ0) is 30.9. The van der Waals surface area contributed by atoms with Crippen LogP contribution in [0, 0.1) is 12.5 Å². The summed E-state index contributed by atoms with van der Waals surface area (Å²) in [5.41, 5.74) is 5.87. The van der Waals surface area contributed by atoms with Gasteiger partial charge in [-0.15, -0.1) is 0 Å². The number of benzene rings is 1. The van der Waals surface area contributed by atoms with Crippen LogP contribution in [0.4, 0.5) is 14.6 Å². The number of carbonyl (C=O) groups excluding carboxylic acids is 1. The molecule has 1 saturated carbocycles. The summed E-state index contributed by atoms with van der Waals surface area (Å²) in [6.07, 6.45) is 5.69. The standard InChI is InChI=1S/C34H35F2N7O2/c1-20(35)32(44)43-10-9-41(18-25(43)16-37-2)31-30-28(39-33(40-31)45-19-34-7-4-8-42(34)17-24(36)14-34)13-23(15-38-30)26-6-3-5-21-11-22-12-27(22)29(21)26/h3,5-6,13,15,22,24-25,27H,1,4,7-12,14,16-19H2/t22?,24-,25+,27?,34?/m1/s1. The Labute approximate surface area is 260 Å². The molecule has 5 aliphatic rings. The van der Waals surface area contributed by atoms with Crippen LogP contribution in [-0.4, -0.2) is 94.3 Å². The second kappa shape index (κ2) is 10.7. The van der Waals surface area contributed by atoms with Crippen molar-refractivity contribution in [1.82, 2.24) is 24.8 Å². The fourth-order valence-corrected chi connectivity index (χ4v) is 8.38. The van der Waals surface area contributed by atoms with E-state index in [4.69, 9.17) is 26.3 Å². The van der Waals surface area contributed by atoms with Crippen molar-refractivity contribution in [2.45, 2.75) is 55.8 Å². The highest BCUT2D eigenvalue weighted by Crippen LogP contribution is 2.58. The molecule has 8 rings (SSSR count). The van der Waals surface area contributed by atoms with Gasteiger partial charge in [0.1, 0.15) is 24.3 Å². The van der Waals surface area contributed by atoms with E-state index in [1.807, 2.05) is 17.2 Å². The molecule has 3 unspecified atom stereocenters. The van der Waals surface area contributed by atoms with E-state index < -0.39 is 23.9 Å². The van der Waals surface area contributed by atoms with Crippen LogP contribution < -0.4 is 9.64 Å². The Morgan fingerprint density at radius 3 is 2.96 bits per heavy atom. The molecule has 5 atom stereocenters. The molecule has 232 valence electrons. The van der Waals surface area contributed by atoms with Crippen LogP contribution in [0.1, 0.15) is 42.7 Å². The SMILES string of the molecule is [C-]#[N+]C[C@H]1CN(c2nc(OCC34CCCN3C[C@H](F)C4)nc3cc(-c4cccc5c4C4CC4C5)cnc23)CCN1C(=O)C(=C)F. The van der Waals surface area contributed by atoms with Crippen molar-refractivity contribution in [2.75, 3.05) is 50.8 Å². The summed E-state index contributed by atoms with van der Waals surface area (Å²) >= 11 is 0. The molecular weight excluding hydrogens is 576 g/mol. The van der Waals surface area contributed by atoms with Crippen molar-refractivity contribution in [3.8, 4) is 17.1 Å². The third-order valence-electron chi connectivity index (χ3n) is 10.6. The Kier molecular flexibility index (Phi) is 6.75.